The summed E-state index contributed by atoms with van der Waals surface area (Å²) in [7, 11) is 1.18. The Labute approximate surface area is 105 Å². The molecule has 18 heavy (non-hydrogen) atoms. The number of methoxy groups -OCH3 is 1. The van der Waals surface area contributed by atoms with E-state index >= 15 is 0 Å². The standard InChI is InChI=1S/C5H6O4.C4H2O3.2CH4/c1-9-5(8)3-2-4(6)7;5-3-1-2-4(6)7-3;;/h2-3H,1H3,(H,6,7);1-2H;2*1H4/b3-2-;;;. The third-order valence-electron chi connectivity index (χ3n) is 1.12. The van der Waals surface area contributed by atoms with Gasteiger partial charge in [-0.1, -0.05) is 14.9 Å². The lowest BCUT2D eigenvalue weighted by Gasteiger charge is -1.85. The summed E-state index contributed by atoms with van der Waals surface area (Å²) in [5, 5.41) is 7.96. The van der Waals surface area contributed by atoms with Crippen molar-refractivity contribution < 1.29 is 33.8 Å². The largest absolute Gasteiger partial charge is 0.478 e. The van der Waals surface area contributed by atoms with Crippen LogP contribution in [0, 0.1) is 0 Å². The average molecular weight is 260 g/mol. The van der Waals surface area contributed by atoms with E-state index in [1.807, 2.05) is 0 Å². The van der Waals surface area contributed by atoms with Crippen LogP contribution in [0.5, 0.6) is 0 Å². The smallest absolute Gasteiger partial charge is 0.338 e. The van der Waals surface area contributed by atoms with Crippen molar-refractivity contribution in [2.24, 2.45) is 0 Å². The quantitative estimate of drug-likeness (QED) is 0.442. The molecule has 0 unspecified atom stereocenters. The highest BCUT2D eigenvalue weighted by Crippen LogP contribution is 1.92. The number of carbonyl (C=O) groups is 4. The Balaban J connectivity index is -0.000000229. The molecule has 7 nitrogen and oxygen atoms in total. The maximum atomic E-state index is 10.1. The molecule has 0 aromatic rings. The van der Waals surface area contributed by atoms with Crippen LogP contribution in [-0.4, -0.2) is 36.1 Å². The summed E-state index contributed by atoms with van der Waals surface area (Å²) in [5.74, 6) is -2.99. The number of ether oxygens (including phenoxy) is 2. The molecule has 0 aliphatic carbocycles. The topological polar surface area (TPSA) is 107 Å². The number of hydrogen-bond acceptors (Lipinski definition) is 6. The first-order valence-corrected chi connectivity index (χ1v) is 3.88. The van der Waals surface area contributed by atoms with E-state index in [9.17, 15) is 19.2 Å². The second-order valence-corrected chi connectivity index (χ2v) is 2.27. The van der Waals surface area contributed by atoms with Crippen LogP contribution < -0.4 is 0 Å². The highest BCUT2D eigenvalue weighted by molar-refractivity contribution is 6.04. The minimum atomic E-state index is -1.17. The van der Waals surface area contributed by atoms with Crippen molar-refractivity contribution in [3.8, 4) is 0 Å². The van der Waals surface area contributed by atoms with E-state index in [0.29, 0.717) is 6.08 Å². The van der Waals surface area contributed by atoms with Crippen molar-refractivity contribution in [2.45, 2.75) is 14.9 Å². The van der Waals surface area contributed by atoms with E-state index in [0.717, 1.165) is 18.2 Å². The number of carboxylic acid groups (broad SMARTS) is 1. The van der Waals surface area contributed by atoms with Crippen LogP contribution in [-0.2, 0) is 28.7 Å². The molecule has 0 amide bonds. The molecule has 0 saturated carbocycles. The predicted molar refractivity (Wildman–Crippen MR) is 62.5 cm³/mol. The first-order chi connectivity index (χ1) is 7.45. The third kappa shape index (κ3) is 11.6. The molecule has 1 N–H and O–H groups in total. The van der Waals surface area contributed by atoms with Crippen LogP contribution >= 0.6 is 0 Å². The second kappa shape index (κ2) is 11.1. The lowest BCUT2D eigenvalue weighted by molar-refractivity contribution is -0.150. The van der Waals surface area contributed by atoms with Gasteiger partial charge >= 0.3 is 23.9 Å². The Hall–Kier alpha value is -2.44. The third-order valence-corrected chi connectivity index (χ3v) is 1.12. The molecular formula is C11H16O7. The molecule has 1 aliphatic rings. The monoisotopic (exact) mass is 260 g/mol. The molecule has 102 valence electrons. The Morgan fingerprint density at radius 2 is 1.61 bits per heavy atom. The SMILES string of the molecule is C.C.COC(=O)/C=C\C(=O)O.O=C1C=CC(=O)O1. The number of aliphatic carboxylic acids is 1. The van der Waals surface area contributed by atoms with Gasteiger partial charge in [0.05, 0.1) is 7.11 Å². The van der Waals surface area contributed by atoms with Crippen LogP contribution in [0.4, 0.5) is 0 Å². The molecule has 1 rings (SSSR count). The van der Waals surface area contributed by atoms with Crippen LogP contribution in [0.1, 0.15) is 14.9 Å². The Bertz CT molecular complexity index is 350. The number of carbonyl (C=O) groups excluding carboxylic acids is 3. The molecule has 7 heteroatoms. The first kappa shape index (κ1) is 20.9. The van der Waals surface area contributed by atoms with Crippen molar-refractivity contribution in [2.75, 3.05) is 7.11 Å². The zero-order chi connectivity index (χ0) is 12.6. The predicted octanol–water partition coefficient (Wildman–Crippen LogP) is 0.698. The minimum Gasteiger partial charge on any atom is -0.478 e. The summed E-state index contributed by atoms with van der Waals surface area (Å²) in [6, 6.07) is 0. The van der Waals surface area contributed by atoms with Gasteiger partial charge < -0.3 is 14.6 Å². The normalized spacial score (nSPS) is 11.6. The lowest BCUT2D eigenvalue weighted by Crippen LogP contribution is -1.96. The Kier molecular flexibility index (Phi) is 12.8. The van der Waals surface area contributed by atoms with E-state index in [4.69, 9.17) is 5.11 Å². The van der Waals surface area contributed by atoms with Gasteiger partial charge in [-0.15, -0.1) is 0 Å². The molecule has 1 aliphatic heterocycles. The van der Waals surface area contributed by atoms with Gasteiger partial charge in [-0.2, -0.15) is 0 Å². The number of cyclic esters (lactones) is 2. The van der Waals surface area contributed by atoms with Crippen LogP contribution in [0.2, 0.25) is 0 Å². The van der Waals surface area contributed by atoms with Crippen LogP contribution in [0.25, 0.3) is 0 Å². The van der Waals surface area contributed by atoms with Gasteiger partial charge in [0.1, 0.15) is 0 Å². The van der Waals surface area contributed by atoms with E-state index in [-0.39, 0.29) is 14.9 Å². The minimum absolute atomic E-state index is 0. The van der Waals surface area contributed by atoms with Crippen LogP contribution in [0.3, 0.4) is 0 Å². The van der Waals surface area contributed by atoms with Gasteiger partial charge in [0, 0.05) is 24.3 Å². The van der Waals surface area contributed by atoms with Crippen molar-refractivity contribution in [3.63, 3.8) is 0 Å². The Morgan fingerprint density at radius 3 is 1.83 bits per heavy atom. The molecule has 0 atom stereocenters. The maximum absolute atomic E-state index is 10.1. The van der Waals surface area contributed by atoms with Gasteiger partial charge in [-0.3, -0.25) is 0 Å². The fourth-order valence-electron chi connectivity index (χ4n) is 0.511. The molecule has 0 aromatic heterocycles. The summed E-state index contributed by atoms with van der Waals surface area (Å²) in [6.07, 6.45) is 3.72. The summed E-state index contributed by atoms with van der Waals surface area (Å²) in [6.45, 7) is 0. The number of esters is 3. The molecule has 0 bridgehead atoms. The Morgan fingerprint density at radius 1 is 1.17 bits per heavy atom. The fourth-order valence-corrected chi connectivity index (χ4v) is 0.511. The zero-order valence-electron chi connectivity index (χ0n) is 8.21. The maximum Gasteiger partial charge on any atom is 0.338 e. The molecule has 0 spiro atoms. The first-order valence-electron chi connectivity index (χ1n) is 3.88. The van der Waals surface area contributed by atoms with E-state index in [1.165, 1.54) is 7.11 Å². The van der Waals surface area contributed by atoms with Gasteiger partial charge in [-0.25, -0.2) is 19.2 Å². The van der Waals surface area contributed by atoms with Gasteiger partial charge in [0.15, 0.2) is 0 Å². The summed E-state index contributed by atoms with van der Waals surface area (Å²) >= 11 is 0. The number of carboxylic acids is 1. The summed E-state index contributed by atoms with van der Waals surface area (Å²) < 4.78 is 8.08. The molecule has 0 fully saturated rings. The van der Waals surface area contributed by atoms with Gasteiger partial charge in [0.25, 0.3) is 0 Å². The zero-order valence-corrected chi connectivity index (χ0v) is 8.21. The highest BCUT2D eigenvalue weighted by atomic mass is 16.6. The van der Waals surface area contributed by atoms with Crippen molar-refractivity contribution in [3.05, 3.63) is 24.3 Å². The fraction of sp³-hybridized carbons (Fsp3) is 0.273. The van der Waals surface area contributed by atoms with Crippen LogP contribution in [0.15, 0.2) is 24.3 Å². The van der Waals surface area contributed by atoms with Crippen molar-refractivity contribution in [1.29, 1.82) is 0 Å². The van der Waals surface area contributed by atoms with E-state index < -0.39 is 23.9 Å². The molecular weight excluding hydrogens is 244 g/mol. The average Bonchev–Trinajstić information content (AvgIpc) is 2.59. The summed E-state index contributed by atoms with van der Waals surface area (Å²) in [5.41, 5.74) is 0. The van der Waals surface area contributed by atoms with E-state index in [2.05, 4.69) is 9.47 Å². The molecule has 0 radical (unpaired) electrons. The number of hydrogen-bond donors (Lipinski definition) is 1. The molecule has 0 aromatic carbocycles. The van der Waals surface area contributed by atoms with E-state index in [1.54, 1.807) is 0 Å². The van der Waals surface area contributed by atoms with Gasteiger partial charge in [-0.05, 0) is 0 Å². The second-order valence-electron chi connectivity index (χ2n) is 2.27. The lowest BCUT2D eigenvalue weighted by atomic mass is 10.5. The van der Waals surface area contributed by atoms with Crippen molar-refractivity contribution >= 4 is 23.9 Å². The number of rotatable bonds is 2. The molecule has 1 heterocycles. The highest BCUT2D eigenvalue weighted by Gasteiger charge is 2.10. The summed E-state index contributed by atoms with van der Waals surface area (Å²) in [4.78, 5) is 39.7. The van der Waals surface area contributed by atoms with Gasteiger partial charge in [0.2, 0.25) is 0 Å². The molecule has 0 saturated heterocycles. The van der Waals surface area contributed by atoms with Crippen molar-refractivity contribution in [1.82, 2.24) is 0 Å².